The lowest BCUT2D eigenvalue weighted by Crippen LogP contribution is -2.31. The van der Waals surface area contributed by atoms with E-state index in [1.807, 2.05) is 43.3 Å². The van der Waals surface area contributed by atoms with Gasteiger partial charge in [0.1, 0.15) is 5.01 Å². The van der Waals surface area contributed by atoms with Gasteiger partial charge in [0, 0.05) is 37.8 Å². The van der Waals surface area contributed by atoms with E-state index < -0.39 is 0 Å². The first-order chi connectivity index (χ1) is 12.0. The fourth-order valence-electron chi connectivity index (χ4n) is 3.11. The van der Waals surface area contributed by atoms with Crippen LogP contribution >= 0.6 is 11.5 Å². The van der Waals surface area contributed by atoms with E-state index >= 15 is 0 Å². The average molecular weight is 359 g/mol. The fraction of sp³-hybridized carbons (Fsp3) is 0.500. The normalized spacial score (nSPS) is 17.6. The van der Waals surface area contributed by atoms with E-state index in [0.717, 1.165) is 23.5 Å². The van der Waals surface area contributed by atoms with Crippen LogP contribution in [0, 0.1) is 0 Å². The second-order valence-corrected chi connectivity index (χ2v) is 7.45. The van der Waals surface area contributed by atoms with Gasteiger partial charge in [0.15, 0.2) is 0 Å². The fourth-order valence-corrected chi connectivity index (χ4v) is 3.83. The van der Waals surface area contributed by atoms with Crippen molar-refractivity contribution in [2.24, 2.45) is 0 Å². The summed E-state index contributed by atoms with van der Waals surface area (Å²) in [7, 11) is 5.99. The highest BCUT2D eigenvalue weighted by molar-refractivity contribution is 7.09. The summed E-state index contributed by atoms with van der Waals surface area (Å²) in [5.74, 6) is 0.662. The molecule has 1 aromatic heterocycles. The van der Waals surface area contributed by atoms with Crippen molar-refractivity contribution in [3.63, 3.8) is 0 Å². The predicted molar refractivity (Wildman–Crippen MR) is 102 cm³/mol. The number of benzene rings is 1. The maximum Gasteiger partial charge on any atom is 0.251 e. The summed E-state index contributed by atoms with van der Waals surface area (Å²) in [5, 5.41) is 3.87. The molecule has 25 heavy (non-hydrogen) atoms. The molecule has 1 amide bonds. The predicted octanol–water partition coefficient (Wildman–Crippen LogP) is 2.49. The van der Waals surface area contributed by atoms with Crippen molar-refractivity contribution in [1.29, 1.82) is 0 Å². The standard InChI is InChI=1S/C18H25N5OS/c1-22(2)18-20-17(25-21-18)14-7-4-6-13(12-14)16(24)19-10-9-15-8-5-11-23(15)3/h4,6-7,12,15H,5,8-11H2,1-3H3,(H,19,24)/t15-/m0/s1. The molecule has 6 nitrogen and oxygen atoms in total. The highest BCUT2D eigenvalue weighted by Gasteiger charge is 2.20. The zero-order chi connectivity index (χ0) is 17.8. The van der Waals surface area contributed by atoms with Gasteiger partial charge in [-0.1, -0.05) is 12.1 Å². The van der Waals surface area contributed by atoms with E-state index in [0.29, 0.717) is 24.1 Å². The quantitative estimate of drug-likeness (QED) is 0.859. The van der Waals surface area contributed by atoms with Gasteiger partial charge in [0.05, 0.1) is 0 Å². The Labute approximate surface area is 153 Å². The first-order valence-corrected chi connectivity index (χ1v) is 9.42. The Bertz CT molecular complexity index is 730. The molecule has 1 atom stereocenters. The number of carbonyl (C=O) groups excluding carboxylic acids is 1. The molecule has 2 aromatic rings. The van der Waals surface area contributed by atoms with Gasteiger partial charge >= 0.3 is 0 Å². The first kappa shape index (κ1) is 17.8. The van der Waals surface area contributed by atoms with Gasteiger partial charge in [-0.3, -0.25) is 4.79 Å². The van der Waals surface area contributed by atoms with E-state index in [9.17, 15) is 4.79 Å². The molecule has 1 fully saturated rings. The van der Waals surface area contributed by atoms with Crippen LogP contribution in [0.25, 0.3) is 10.6 Å². The number of nitrogens with zero attached hydrogens (tertiary/aromatic N) is 4. The third-order valence-corrected chi connectivity index (χ3v) is 5.38. The molecule has 0 radical (unpaired) electrons. The number of likely N-dealkylation sites (tertiary alicyclic amines) is 1. The minimum Gasteiger partial charge on any atom is -0.352 e. The number of anilines is 1. The molecule has 0 spiro atoms. The minimum absolute atomic E-state index is 0.0279. The molecule has 7 heteroatoms. The lowest BCUT2D eigenvalue weighted by molar-refractivity contribution is 0.0950. The zero-order valence-electron chi connectivity index (χ0n) is 15.0. The summed E-state index contributed by atoms with van der Waals surface area (Å²) < 4.78 is 4.32. The van der Waals surface area contributed by atoms with E-state index in [4.69, 9.17) is 0 Å². The third kappa shape index (κ3) is 4.35. The number of rotatable bonds is 6. The molecule has 0 unspecified atom stereocenters. The number of aromatic nitrogens is 2. The van der Waals surface area contributed by atoms with E-state index in [2.05, 4.69) is 26.6 Å². The van der Waals surface area contributed by atoms with Gasteiger partial charge in [0.25, 0.3) is 5.91 Å². The zero-order valence-corrected chi connectivity index (χ0v) is 15.8. The van der Waals surface area contributed by atoms with Crippen molar-refractivity contribution in [2.75, 3.05) is 39.1 Å². The summed E-state index contributed by atoms with van der Waals surface area (Å²) >= 11 is 1.35. The van der Waals surface area contributed by atoms with Gasteiger partial charge in [-0.25, -0.2) is 0 Å². The van der Waals surface area contributed by atoms with Crippen LogP contribution in [0.4, 0.5) is 5.95 Å². The van der Waals surface area contributed by atoms with Gasteiger partial charge in [-0.05, 0) is 56.5 Å². The van der Waals surface area contributed by atoms with Gasteiger partial charge in [0.2, 0.25) is 5.95 Å². The molecule has 3 rings (SSSR count). The van der Waals surface area contributed by atoms with Crippen molar-refractivity contribution < 1.29 is 4.79 Å². The highest BCUT2D eigenvalue weighted by Crippen LogP contribution is 2.24. The van der Waals surface area contributed by atoms with Crippen LogP contribution in [0.15, 0.2) is 24.3 Å². The number of hydrogen-bond acceptors (Lipinski definition) is 6. The number of nitrogens with one attached hydrogen (secondary N) is 1. The lowest BCUT2D eigenvalue weighted by Gasteiger charge is -2.19. The van der Waals surface area contributed by atoms with Crippen molar-refractivity contribution >= 4 is 23.4 Å². The Balaban J connectivity index is 1.61. The minimum atomic E-state index is -0.0279. The van der Waals surface area contributed by atoms with Crippen molar-refractivity contribution in [1.82, 2.24) is 19.6 Å². The average Bonchev–Trinajstić information content (AvgIpc) is 3.25. The Morgan fingerprint density at radius 1 is 1.44 bits per heavy atom. The summed E-state index contributed by atoms with van der Waals surface area (Å²) in [6, 6.07) is 8.18. The van der Waals surface area contributed by atoms with E-state index in [1.165, 1.54) is 24.4 Å². The summed E-state index contributed by atoms with van der Waals surface area (Å²) in [4.78, 5) is 21.2. The van der Waals surface area contributed by atoms with Gasteiger partial charge in [-0.2, -0.15) is 9.36 Å². The van der Waals surface area contributed by atoms with Crippen LogP contribution in [-0.2, 0) is 0 Å². The molecule has 0 aliphatic carbocycles. The molecular formula is C18H25N5OS. The highest BCUT2D eigenvalue weighted by atomic mass is 32.1. The van der Waals surface area contributed by atoms with Crippen molar-refractivity contribution in [3.05, 3.63) is 29.8 Å². The van der Waals surface area contributed by atoms with Gasteiger partial charge in [-0.15, -0.1) is 0 Å². The van der Waals surface area contributed by atoms with Crippen LogP contribution < -0.4 is 10.2 Å². The van der Waals surface area contributed by atoms with Crippen molar-refractivity contribution in [3.8, 4) is 10.6 Å². The molecule has 1 aliphatic rings. The third-order valence-electron chi connectivity index (χ3n) is 4.62. The molecular weight excluding hydrogens is 334 g/mol. The Kier molecular flexibility index (Phi) is 5.65. The monoisotopic (exact) mass is 359 g/mol. The smallest absolute Gasteiger partial charge is 0.251 e. The molecule has 1 aromatic carbocycles. The summed E-state index contributed by atoms with van der Waals surface area (Å²) in [6.45, 7) is 1.87. The van der Waals surface area contributed by atoms with Crippen LogP contribution in [0.1, 0.15) is 29.6 Å². The number of carbonyl (C=O) groups is 1. The van der Waals surface area contributed by atoms with E-state index in [1.54, 1.807) is 0 Å². The van der Waals surface area contributed by atoms with Crippen LogP contribution in [0.2, 0.25) is 0 Å². The van der Waals surface area contributed by atoms with Crippen LogP contribution in [0.3, 0.4) is 0 Å². The number of amides is 1. The molecule has 2 heterocycles. The SMILES string of the molecule is CN(C)c1nsc(-c2cccc(C(=O)NCC[C@@H]3CCCN3C)c2)n1. The second kappa shape index (κ2) is 7.93. The molecule has 1 N–H and O–H groups in total. The Hall–Kier alpha value is -1.99. The molecule has 1 aliphatic heterocycles. The van der Waals surface area contributed by atoms with Crippen molar-refractivity contribution in [2.45, 2.75) is 25.3 Å². The maximum absolute atomic E-state index is 12.4. The molecule has 0 saturated carbocycles. The Morgan fingerprint density at radius 3 is 2.96 bits per heavy atom. The van der Waals surface area contributed by atoms with Crippen LogP contribution in [-0.4, -0.2) is 60.4 Å². The first-order valence-electron chi connectivity index (χ1n) is 8.64. The molecule has 1 saturated heterocycles. The molecule has 134 valence electrons. The van der Waals surface area contributed by atoms with Crippen LogP contribution in [0.5, 0.6) is 0 Å². The topological polar surface area (TPSA) is 61.4 Å². The second-order valence-electron chi connectivity index (χ2n) is 6.70. The lowest BCUT2D eigenvalue weighted by atomic mass is 10.1. The number of hydrogen-bond donors (Lipinski definition) is 1. The molecule has 0 bridgehead atoms. The van der Waals surface area contributed by atoms with E-state index in [-0.39, 0.29) is 5.91 Å². The summed E-state index contributed by atoms with van der Waals surface area (Å²) in [6.07, 6.45) is 3.49. The maximum atomic E-state index is 12.4. The largest absolute Gasteiger partial charge is 0.352 e. The van der Waals surface area contributed by atoms with Gasteiger partial charge < -0.3 is 15.1 Å². The summed E-state index contributed by atoms with van der Waals surface area (Å²) in [5.41, 5.74) is 1.59. The Morgan fingerprint density at radius 2 is 2.28 bits per heavy atom.